The Balaban J connectivity index is 2.10. The van der Waals surface area contributed by atoms with E-state index < -0.39 is 5.97 Å². The molecule has 1 aromatic heterocycles. The summed E-state index contributed by atoms with van der Waals surface area (Å²) in [5, 5.41) is 9.03. The molecule has 2 rings (SSSR count). The highest BCUT2D eigenvalue weighted by Gasteiger charge is 2.18. The SMILES string of the molecule is Cc1oc(CN(C)C(=O)c2ccc(C(C)C)cc2)cc1C(=O)O. The third-order valence-electron chi connectivity index (χ3n) is 3.76. The topological polar surface area (TPSA) is 70.8 Å². The zero-order valence-corrected chi connectivity index (χ0v) is 13.8. The van der Waals surface area contributed by atoms with Crippen LogP contribution in [0.15, 0.2) is 34.7 Å². The van der Waals surface area contributed by atoms with Gasteiger partial charge >= 0.3 is 5.97 Å². The van der Waals surface area contributed by atoms with Crippen LogP contribution in [-0.2, 0) is 6.54 Å². The van der Waals surface area contributed by atoms with Gasteiger partial charge in [-0.05, 0) is 36.6 Å². The molecule has 5 heteroatoms. The van der Waals surface area contributed by atoms with Crippen LogP contribution in [0.4, 0.5) is 0 Å². The first-order chi connectivity index (χ1) is 10.8. The predicted octanol–water partition coefficient (Wildman–Crippen LogP) is 3.68. The molecule has 1 aromatic carbocycles. The molecule has 0 aliphatic heterocycles. The Hall–Kier alpha value is -2.56. The molecule has 0 atom stereocenters. The Labute approximate surface area is 135 Å². The lowest BCUT2D eigenvalue weighted by Crippen LogP contribution is -2.26. The highest BCUT2D eigenvalue weighted by molar-refractivity contribution is 5.94. The summed E-state index contributed by atoms with van der Waals surface area (Å²) >= 11 is 0. The van der Waals surface area contributed by atoms with Gasteiger partial charge in [-0.3, -0.25) is 4.79 Å². The van der Waals surface area contributed by atoms with Crippen molar-refractivity contribution in [2.45, 2.75) is 33.2 Å². The van der Waals surface area contributed by atoms with Gasteiger partial charge in [0.15, 0.2) is 0 Å². The molecule has 1 N–H and O–H groups in total. The van der Waals surface area contributed by atoms with E-state index in [1.807, 2.05) is 24.3 Å². The van der Waals surface area contributed by atoms with Crippen molar-refractivity contribution in [1.82, 2.24) is 4.90 Å². The summed E-state index contributed by atoms with van der Waals surface area (Å²) in [5.41, 5.74) is 1.90. The van der Waals surface area contributed by atoms with E-state index in [4.69, 9.17) is 9.52 Å². The minimum atomic E-state index is -1.03. The predicted molar refractivity (Wildman–Crippen MR) is 86.7 cm³/mol. The summed E-state index contributed by atoms with van der Waals surface area (Å²) in [4.78, 5) is 25.0. The van der Waals surface area contributed by atoms with Gasteiger partial charge in [-0.15, -0.1) is 0 Å². The molecular formula is C18H21NO4. The van der Waals surface area contributed by atoms with Gasteiger partial charge < -0.3 is 14.4 Å². The van der Waals surface area contributed by atoms with Crippen molar-refractivity contribution in [1.29, 1.82) is 0 Å². The second-order valence-corrected chi connectivity index (χ2v) is 5.93. The van der Waals surface area contributed by atoms with Crippen LogP contribution in [-0.4, -0.2) is 28.9 Å². The van der Waals surface area contributed by atoms with Crippen LogP contribution < -0.4 is 0 Å². The van der Waals surface area contributed by atoms with E-state index in [2.05, 4.69) is 13.8 Å². The fourth-order valence-electron chi connectivity index (χ4n) is 2.37. The minimum Gasteiger partial charge on any atom is -0.478 e. The molecule has 0 aliphatic carbocycles. The van der Waals surface area contributed by atoms with E-state index in [9.17, 15) is 9.59 Å². The smallest absolute Gasteiger partial charge is 0.339 e. The molecule has 0 saturated carbocycles. The normalized spacial score (nSPS) is 10.8. The summed E-state index contributed by atoms with van der Waals surface area (Å²) in [6.07, 6.45) is 0. The number of rotatable bonds is 5. The van der Waals surface area contributed by atoms with Gasteiger partial charge in [0, 0.05) is 12.6 Å². The summed E-state index contributed by atoms with van der Waals surface area (Å²) in [6, 6.07) is 8.98. The Morgan fingerprint density at radius 2 is 1.83 bits per heavy atom. The third kappa shape index (κ3) is 3.80. The molecule has 1 amide bonds. The van der Waals surface area contributed by atoms with Crippen LogP contribution in [0, 0.1) is 6.92 Å². The number of aryl methyl sites for hydroxylation is 1. The van der Waals surface area contributed by atoms with Crippen molar-refractivity contribution in [2.75, 3.05) is 7.05 Å². The number of furan rings is 1. The fourth-order valence-corrected chi connectivity index (χ4v) is 2.37. The lowest BCUT2D eigenvalue weighted by atomic mass is 10.0. The van der Waals surface area contributed by atoms with Gasteiger partial charge in [-0.2, -0.15) is 0 Å². The van der Waals surface area contributed by atoms with Crippen LogP contribution in [0.25, 0.3) is 0 Å². The van der Waals surface area contributed by atoms with Crippen molar-refractivity contribution < 1.29 is 19.1 Å². The van der Waals surface area contributed by atoms with E-state index in [0.717, 1.165) is 0 Å². The second kappa shape index (κ2) is 6.69. The first kappa shape index (κ1) is 16.8. The Morgan fingerprint density at radius 3 is 2.30 bits per heavy atom. The highest BCUT2D eigenvalue weighted by Crippen LogP contribution is 2.18. The quantitative estimate of drug-likeness (QED) is 0.913. The van der Waals surface area contributed by atoms with Crippen LogP contribution in [0.1, 0.15) is 57.6 Å². The molecule has 0 bridgehead atoms. The number of carboxylic acids is 1. The average Bonchev–Trinajstić information content (AvgIpc) is 2.87. The largest absolute Gasteiger partial charge is 0.478 e. The molecule has 1 heterocycles. The van der Waals surface area contributed by atoms with Crippen LogP contribution in [0.5, 0.6) is 0 Å². The van der Waals surface area contributed by atoms with Crippen LogP contribution in [0.2, 0.25) is 0 Å². The minimum absolute atomic E-state index is 0.127. The molecular weight excluding hydrogens is 294 g/mol. The number of carboxylic acid groups (broad SMARTS) is 1. The third-order valence-corrected chi connectivity index (χ3v) is 3.76. The van der Waals surface area contributed by atoms with Gasteiger partial charge in [-0.1, -0.05) is 26.0 Å². The van der Waals surface area contributed by atoms with Crippen molar-refractivity contribution in [3.05, 3.63) is 58.5 Å². The number of hydrogen-bond acceptors (Lipinski definition) is 3. The molecule has 2 aromatic rings. The Kier molecular flexibility index (Phi) is 4.89. The maximum Gasteiger partial charge on any atom is 0.339 e. The van der Waals surface area contributed by atoms with Gasteiger partial charge in [0.05, 0.1) is 6.54 Å². The van der Waals surface area contributed by atoms with E-state index in [1.54, 1.807) is 14.0 Å². The van der Waals surface area contributed by atoms with Gasteiger partial charge in [0.1, 0.15) is 17.1 Å². The number of carbonyl (C=O) groups excluding carboxylic acids is 1. The molecule has 0 unspecified atom stereocenters. The number of amides is 1. The van der Waals surface area contributed by atoms with Gasteiger partial charge in [0.2, 0.25) is 0 Å². The van der Waals surface area contributed by atoms with E-state index in [1.165, 1.54) is 16.5 Å². The van der Waals surface area contributed by atoms with Crippen LogP contribution >= 0.6 is 0 Å². The summed E-state index contributed by atoms with van der Waals surface area (Å²) in [7, 11) is 1.66. The lowest BCUT2D eigenvalue weighted by Gasteiger charge is -2.16. The number of benzene rings is 1. The first-order valence-corrected chi connectivity index (χ1v) is 7.47. The molecule has 0 saturated heterocycles. The number of nitrogens with zero attached hydrogens (tertiary/aromatic N) is 1. The molecule has 0 fully saturated rings. The van der Waals surface area contributed by atoms with E-state index >= 15 is 0 Å². The molecule has 23 heavy (non-hydrogen) atoms. The molecule has 122 valence electrons. The molecule has 0 spiro atoms. The standard InChI is InChI=1S/C18H21NO4/c1-11(2)13-5-7-14(8-6-13)17(20)19(4)10-15-9-16(18(21)22)12(3)23-15/h5-9,11H,10H2,1-4H3,(H,21,22). The second-order valence-electron chi connectivity index (χ2n) is 5.93. The van der Waals surface area contributed by atoms with Crippen molar-refractivity contribution in [3.63, 3.8) is 0 Å². The van der Waals surface area contributed by atoms with Gasteiger partial charge in [-0.25, -0.2) is 4.79 Å². The number of carbonyl (C=O) groups is 2. The van der Waals surface area contributed by atoms with Crippen LogP contribution in [0.3, 0.4) is 0 Å². The molecule has 0 aliphatic rings. The zero-order valence-electron chi connectivity index (χ0n) is 13.8. The zero-order chi connectivity index (χ0) is 17.1. The lowest BCUT2D eigenvalue weighted by molar-refractivity contribution is 0.0694. The highest BCUT2D eigenvalue weighted by atomic mass is 16.4. The average molecular weight is 315 g/mol. The Morgan fingerprint density at radius 1 is 1.22 bits per heavy atom. The Bertz CT molecular complexity index is 713. The summed E-state index contributed by atoms with van der Waals surface area (Å²) in [5.74, 6) is 0.0450. The first-order valence-electron chi connectivity index (χ1n) is 7.47. The fraction of sp³-hybridized carbons (Fsp3) is 0.333. The van der Waals surface area contributed by atoms with Gasteiger partial charge in [0.25, 0.3) is 5.91 Å². The number of hydrogen-bond donors (Lipinski definition) is 1. The summed E-state index contributed by atoms with van der Waals surface area (Å²) < 4.78 is 5.41. The van der Waals surface area contributed by atoms with E-state index in [0.29, 0.717) is 23.0 Å². The maximum atomic E-state index is 12.4. The maximum absolute atomic E-state index is 12.4. The number of aromatic carboxylic acids is 1. The van der Waals surface area contributed by atoms with Crippen molar-refractivity contribution >= 4 is 11.9 Å². The van der Waals surface area contributed by atoms with E-state index in [-0.39, 0.29) is 18.0 Å². The molecule has 0 radical (unpaired) electrons. The van der Waals surface area contributed by atoms with Crippen molar-refractivity contribution in [2.24, 2.45) is 0 Å². The van der Waals surface area contributed by atoms with Crippen molar-refractivity contribution in [3.8, 4) is 0 Å². The monoisotopic (exact) mass is 315 g/mol. The summed E-state index contributed by atoms with van der Waals surface area (Å²) in [6.45, 7) is 6.02. The molecule has 5 nitrogen and oxygen atoms in total.